The summed E-state index contributed by atoms with van der Waals surface area (Å²) in [5.41, 5.74) is 6.21. The Balaban J connectivity index is 2.71. The number of benzene rings is 1. The van der Waals surface area contributed by atoms with Crippen molar-refractivity contribution in [3.8, 4) is 5.75 Å². The highest BCUT2D eigenvalue weighted by molar-refractivity contribution is 5.43. The number of hydrogen-bond acceptors (Lipinski definition) is 4. The van der Waals surface area contributed by atoms with Gasteiger partial charge in [-0.25, -0.2) is 0 Å². The van der Waals surface area contributed by atoms with Gasteiger partial charge in [0.25, 0.3) is 5.69 Å². The molecular formula is C12H16N2O3. The molecule has 1 aromatic carbocycles. The largest absolute Gasteiger partial charge is 0.493 e. The zero-order chi connectivity index (χ0) is 12.7. The summed E-state index contributed by atoms with van der Waals surface area (Å²) in [6.45, 7) is 4.39. The van der Waals surface area contributed by atoms with Gasteiger partial charge in [0.05, 0.1) is 11.5 Å². The molecule has 0 spiro atoms. The number of hydrogen-bond donors (Lipinski definition) is 1. The molecule has 0 saturated carbocycles. The predicted molar refractivity (Wildman–Crippen MR) is 65.9 cm³/mol. The van der Waals surface area contributed by atoms with Gasteiger partial charge in [-0.05, 0) is 18.9 Å². The van der Waals surface area contributed by atoms with Crippen LogP contribution in [0.15, 0.2) is 30.9 Å². The standard InChI is InChI=1S/C12H16N2O3/c1-2-3-4-7-17-12-6-5-11(14(15)16)8-10(12)9-13/h2,5-6,8H,1,3-4,7,9,13H2. The van der Waals surface area contributed by atoms with Crippen molar-refractivity contribution in [2.45, 2.75) is 19.4 Å². The van der Waals surface area contributed by atoms with Crippen LogP contribution in [-0.4, -0.2) is 11.5 Å². The number of rotatable bonds is 7. The Labute approximate surface area is 100 Å². The van der Waals surface area contributed by atoms with Crippen LogP contribution in [0.1, 0.15) is 18.4 Å². The Morgan fingerprint density at radius 3 is 2.88 bits per heavy atom. The summed E-state index contributed by atoms with van der Waals surface area (Å²) in [6, 6.07) is 4.46. The van der Waals surface area contributed by atoms with E-state index in [0.29, 0.717) is 17.9 Å². The number of non-ortho nitro benzene ring substituents is 1. The van der Waals surface area contributed by atoms with Gasteiger partial charge < -0.3 is 10.5 Å². The highest BCUT2D eigenvalue weighted by atomic mass is 16.6. The van der Waals surface area contributed by atoms with Gasteiger partial charge in [0.1, 0.15) is 5.75 Å². The second-order valence-electron chi connectivity index (χ2n) is 3.53. The molecule has 0 aliphatic heterocycles. The van der Waals surface area contributed by atoms with Crippen molar-refractivity contribution < 1.29 is 9.66 Å². The van der Waals surface area contributed by atoms with E-state index in [0.717, 1.165) is 12.8 Å². The number of ether oxygens (including phenoxy) is 1. The van der Waals surface area contributed by atoms with Crippen LogP contribution in [0.5, 0.6) is 5.75 Å². The molecule has 0 saturated heterocycles. The second-order valence-corrected chi connectivity index (χ2v) is 3.53. The molecule has 5 heteroatoms. The highest BCUT2D eigenvalue weighted by Crippen LogP contribution is 2.23. The molecule has 0 radical (unpaired) electrons. The van der Waals surface area contributed by atoms with Gasteiger partial charge in [-0.3, -0.25) is 10.1 Å². The van der Waals surface area contributed by atoms with Crippen LogP contribution in [0.4, 0.5) is 5.69 Å². The molecule has 5 nitrogen and oxygen atoms in total. The molecule has 1 rings (SSSR count). The maximum absolute atomic E-state index is 10.6. The fraction of sp³-hybridized carbons (Fsp3) is 0.333. The number of unbranched alkanes of at least 4 members (excludes halogenated alkanes) is 1. The van der Waals surface area contributed by atoms with Crippen LogP contribution in [0.2, 0.25) is 0 Å². The lowest BCUT2D eigenvalue weighted by molar-refractivity contribution is -0.384. The Morgan fingerprint density at radius 2 is 2.29 bits per heavy atom. The Bertz CT molecular complexity index is 405. The van der Waals surface area contributed by atoms with Crippen LogP contribution >= 0.6 is 0 Å². The van der Waals surface area contributed by atoms with Crippen LogP contribution in [0.25, 0.3) is 0 Å². The summed E-state index contributed by atoms with van der Waals surface area (Å²) in [5.74, 6) is 0.613. The van der Waals surface area contributed by atoms with Crippen molar-refractivity contribution in [3.63, 3.8) is 0 Å². The minimum absolute atomic E-state index is 0.0314. The SMILES string of the molecule is C=CCCCOc1ccc([N+](=O)[O-])cc1CN. The summed E-state index contributed by atoms with van der Waals surface area (Å²) in [4.78, 5) is 10.1. The van der Waals surface area contributed by atoms with E-state index >= 15 is 0 Å². The molecule has 2 N–H and O–H groups in total. The van der Waals surface area contributed by atoms with Crippen molar-refractivity contribution in [2.75, 3.05) is 6.61 Å². The smallest absolute Gasteiger partial charge is 0.270 e. The van der Waals surface area contributed by atoms with E-state index in [1.807, 2.05) is 6.08 Å². The average Bonchev–Trinajstić information content (AvgIpc) is 2.34. The van der Waals surface area contributed by atoms with E-state index in [2.05, 4.69) is 6.58 Å². The van der Waals surface area contributed by atoms with Crippen LogP contribution in [0.3, 0.4) is 0 Å². The van der Waals surface area contributed by atoms with E-state index in [1.54, 1.807) is 6.07 Å². The molecule has 0 fully saturated rings. The lowest BCUT2D eigenvalue weighted by Crippen LogP contribution is -2.04. The minimum atomic E-state index is -0.444. The van der Waals surface area contributed by atoms with Crippen molar-refractivity contribution in [2.24, 2.45) is 5.73 Å². The zero-order valence-corrected chi connectivity index (χ0v) is 9.59. The number of nitrogens with two attached hydrogens (primary N) is 1. The molecule has 0 aliphatic rings. The molecule has 17 heavy (non-hydrogen) atoms. The Kier molecular flexibility index (Phi) is 5.16. The number of nitrogens with zero attached hydrogens (tertiary/aromatic N) is 1. The predicted octanol–water partition coefficient (Wildman–Crippen LogP) is 2.40. The van der Waals surface area contributed by atoms with Gasteiger partial charge in [0, 0.05) is 24.2 Å². The molecule has 0 bridgehead atoms. The van der Waals surface area contributed by atoms with E-state index < -0.39 is 4.92 Å². The second kappa shape index (κ2) is 6.65. The summed E-state index contributed by atoms with van der Waals surface area (Å²) >= 11 is 0. The first-order chi connectivity index (χ1) is 8.19. The molecule has 0 aromatic heterocycles. The van der Waals surface area contributed by atoms with Crippen molar-refractivity contribution >= 4 is 5.69 Å². The van der Waals surface area contributed by atoms with Gasteiger partial charge >= 0.3 is 0 Å². The minimum Gasteiger partial charge on any atom is -0.493 e. The Morgan fingerprint density at radius 1 is 1.53 bits per heavy atom. The lowest BCUT2D eigenvalue weighted by Gasteiger charge is -2.09. The number of nitro groups is 1. The van der Waals surface area contributed by atoms with E-state index in [1.165, 1.54) is 12.1 Å². The summed E-state index contributed by atoms with van der Waals surface area (Å²) in [5, 5.41) is 10.6. The normalized spacial score (nSPS) is 9.94. The van der Waals surface area contributed by atoms with E-state index in [4.69, 9.17) is 10.5 Å². The molecule has 0 atom stereocenters. The van der Waals surface area contributed by atoms with Gasteiger partial charge in [0.2, 0.25) is 0 Å². The molecule has 0 heterocycles. The van der Waals surface area contributed by atoms with Crippen LogP contribution in [-0.2, 0) is 6.54 Å². The van der Waals surface area contributed by atoms with Gasteiger partial charge in [-0.1, -0.05) is 6.08 Å². The quantitative estimate of drug-likeness (QED) is 0.341. The maximum Gasteiger partial charge on any atom is 0.270 e. The molecule has 92 valence electrons. The fourth-order valence-electron chi connectivity index (χ4n) is 1.39. The van der Waals surface area contributed by atoms with Crippen LogP contribution in [0, 0.1) is 10.1 Å². The first-order valence-corrected chi connectivity index (χ1v) is 5.40. The maximum atomic E-state index is 10.6. The summed E-state index contributed by atoms with van der Waals surface area (Å²) in [6.07, 6.45) is 3.57. The topological polar surface area (TPSA) is 78.4 Å². The third-order valence-corrected chi connectivity index (χ3v) is 2.28. The third kappa shape index (κ3) is 3.88. The van der Waals surface area contributed by atoms with Crippen molar-refractivity contribution in [1.82, 2.24) is 0 Å². The highest BCUT2D eigenvalue weighted by Gasteiger charge is 2.10. The summed E-state index contributed by atoms with van der Waals surface area (Å²) < 4.78 is 5.51. The van der Waals surface area contributed by atoms with Crippen molar-refractivity contribution in [1.29, 1.82) is 0 Å². The van der Waals surface area contributed by atoms with Gasteiger partial charge in [0.15, 0.2) is 0 Å². The average molecular weight is 236 g/mol. The first-order valence-electron chi connectivity index (χ1n) is 5.40. The third-order valence-electron chi connectivity index (χ3n) is 2.28. The molecule has 0 unspecified atom stereocenters. The zero-order valence-electron chi connectivity index (χ0n) is 9.59. The van der Waals surface area contributed by atoms with Gasteiger partial charge in [-0.2, -0.15) is 0 Å². The number of nitro benzene ring substituents is 1. The summed E-state index contributed by atoms with van der Waals surface area (Å²) in [7, 11) is 0. The Hall–Kier alpha value is -1.88. The fourth-order valence-corrected chi connectivity index (χ4v) is 1.39. The van der Waals surface area contributed by atoms with Crippen molar-refractivity contribution in [3.05, 3.63) is 46.5 Å². The lowest BCUT2D eigenvalue weighted by atomic mass is 10.2. The molecule has 1 aromatic rings. The van der Waals surface area contributed by atoms with Gasteiger partial charge in [-0.15, -0.1) is 6.58 Å². The molecular weight excluding hydrogens is 220 g/mol. The number of allylic oxidation sites excluding steroid dienone is 1. The monoisotopic (exact) mass is 236 g/mol. The molecule has 0 amide bonds. The van der Waals surface area contributed by atoms with E-state index in [-0.39, 0.29) is 12.2 Å². The molecule has 0 aliphatic carbocycles. The van der Waals surface area contributed by atoms with Crippen LogP contribution < -0.4 is 10.5 Å². The van der Waals surface area contributed by atoms with E-state index in [9.17, 15) is 10.1 Å². The first kappa shape index (κ1) is 13.2.